The van der Waals surface area contributed by atoms with Crippen LogP contribution in [-0.2, 0) is 9.59 Å². The Kier molecular flexibility index (Phi) is 2.27. The number of allylic oxidation sites excluding steroid dienone is 2. The summed E-state index contributed by atoms with van der Waals surface area (Å²) in [7, 11) is 0. The van der Waals surface area contributed by atoms with Crippen LogP contribution in [-0.4, -0.2) is 11.8 Å². The van der Waals surface area contributed by atoms with E-state index in [-0.39, 0.29) is 35.5 Å². The van der Waals surface area contributed by atoms with Crippen molar-refractivity contribution in [1.29, 1.82) is 0 Å². The third kappa shape index (κ3) is 1.30. The van der Waals surface area contributed by atoms with Crippen molar-refractivity contribution >= 4 is 17.5 Å². The lowest BCUT2D eigenvalue weighted by Crippen LogP contribution is -2.33. The number of aryl methyl sites for hydroxylation is 1. The molecular formula is C17H17NO2. The highest BCUT2D eigenvalue weighted by molar-refractivity contribution is 6.23. The normalized spacial score (nSPS) is 34.2. The van der Waals surface area contributed by atoms with Crippen molar-refractivity contribution in [3.8, 4) is 0 Å². The fourth-order valence-corrected chi connectivity index (χ4v) is 4.12. The summed E-state index contributed by atoms with van der Waals surface area (Å²) in [5.41, 5.74) is 2.91. The summed E-state index contributed by atoms with van der Waals surface area (Å²) in [4.78, 5) is 26.9. The molecule has 1 saturated carbocycles. The molecule has 0 N–H and O–H groups in total. The molecule has 1 aromatic rings. The smallest absolute Gasteiger partial charge is 0.238 e. The quantitative estimate of drug-likeness (QED) is 0.579. The summed E-state index contributed by atoms with van der Waals surface area (Å²) >= 11 is 0. The van der Waals surface area contributed by atoms with E-state index < -0.39 is 0 Å². The van der Waals surface area contributed by atoms with Gasteiger partial charge in [0.15, 0.2) is 0 Å². The van der Waals surface area contributed by atoms with Gasteiger partial charge in [-0.25, -0.2) is 4.90 Å². The van der Waals surface area contributed by atoms with Gasteiger partial charge in [-0.2, -0.15) is 0 Å². The number of benzene rings is 1. The molecule has 1 heterocycles. The van der Waals surface area contributed by atoms with Crippen LogP contribution in [0.2, 0.25) is 0 Å². The lowest BCUT2D eigenvalue weighted by Gasteiger charge is -2.20. The van der Waals surface area contributed by atoms with Crippen LogP contribution in [0.5, 0.6) is 0 Å². The van der Waals surface area contributed by atoms with Gasteiger partial charge in [-0.05, 0) is 49.3 Å². The molecule has 4 atom stereocenters. The first-order chi connectivity index (χ1) is 9.59. The van der Waals surface area contributed by atoms with Gasteiger partial charge in [0.1, 0.15) is 0 Å². The van der Waals surface area contributed by atoms with Crippen LogP contribution in [0.4, 0.5) is 5.69 Å². The van der Waals surface area contributed by atoms with E-state index in [1.165, 1.54) is 4.90 Å². The van der Waals surface area contributed by atoms with Crippen LogP contribution in [0, 0.1) is 37.5 Å². The molecule has 0 radical (unpaired) electrons. The highest BCUT2D eigenvalue weighted by Gasteiger charge is 2.59. The summed E-state index contributed by atoms with van der Waals surface area (Å²) < 4.78 is 0. The van der Waals surface area contributed by atoms with Crippen LogP contribution in [0.15, 0.2) is 30.4 Å². The van der Waals surface area contributed by atoms with Crippen LogP contribution in [0.3, 0.4) is 0 Å². The minimum absolute atomic E-state index is 0.00514. The van der Waals surface area contributed by atoms with Gasteiger partial charge in [0.2, 0.25) is 11.8 Å². The molecule has 20 heavy (non-hydrogen) atoms. The monoisotopic (exact) mass is 267 g/mol. The first-order valence-corrected chi connectivity index (χ1v) is 7.22. The lowest BCUT2D eigenvalue weighted by atomic mass is 9.85. The van der Waals surface area contributed by atoms with Crippen LogP contribution in [0.1, 0.15) is 17.5 Å². The number of fused-ring (bicyclic) bond motifs is 5. The van der Waals surface area contributed by atoms with Gasteiger partial charge in [0.05, 0.1) is 17.5 Å². The maximum absolute atomic E-state index is 12.7. The maximum atomic E-state index is 12.7. The Balaban J connectivity index is 1.80. The number of carbonyl (C=O) groups excluding carboxylic acids is 2. The number of rotatable bonds is 1. The number of carbonyl (C=O) groups is 2. The van der Waals surface area contributed by atoms with Crippen molar-refractivity contribution in [3.63, 3.8) is 0 Å². The first kappa shape index (κ1) is 11.9. The fourth-order valence-electron chi connectivity index (χ4n) is 4.12. The molecule has 3 nitrogen and oxygen atoms in total. The van der Waals surface area contributed by atoms with Crippen LogP contribution < -0.4 is 4.90 Å². The fraction of sp³-hybridized carbons (Fsp3) is 0.412. The van der Waals surface area contributed by atoms with Gasteiger partial charge in [0.25, 0.3) is 0 Å². The summed E-state index contributed by atoms with van der Waals surface area (Å²) in [5.74, 6) is 0.332. The summed E-state index contributed by atoms with van der Waals surface area (Å²) in [6.45, 7) is 3.99. The molecule has 3 aliphatic rings. The third-order valence-corrected chi connectivity index (χ3v) is 5.29. The van der Waals surface area contributed by atoms with Crippen molar-refractivity contribution in [2.45, 2.75) is 20.3 Å². The average Bonchev–Trinajstić information content (AvgIpc) is 3.09. The minimum atomic E-state index is -0.114. The number of imide groups is 1. The highest BCUT2D eigenvalue weighted by atomic mass is 16.2. The molecule has 3 heteroatoms. The number of anilines is 1. The molecule has 1 aromatic carbocycles. The van der Waals surface area contributed by atoms with E-state index in [1.807, 2.05) is 32.0 Å². The van der Waals surface area contributed by atoms with E-state index in [0.29, 0.717) is 0 Å². The zero-order valence-electron chi connectivity index (χ0n) is 11.7. The Morgan fingerprint density at radius 1 is 1.00 bits per heavy atom. The van der Waals surface area contributed by atoms with E-state index in [2.05, 4.69) is 12.2 Å². The molecular weight excluding hydrogens is 250 g/mol. The zero-order chi connectivity index (χ0) is 14.0. The largest absolute Gasteiger partial charge is 0.274 e. The number of hydrogen-bond acceptors (Lipinski definition) is 2. The Bertz CT molecular complexity index is 631. The van der Waals surface area contributed by atoms with Gasteiger partial charge in [-0.15, -0.1) is 0 Å². The second kappa shape index (κ2) is 3.81. The molecule has 102 valence electrons. The van der Waals surface area contributed by atoms with E-state index in [0.717, 1.165) is 23.2 Å². The molecule has 2 aliphatic carbocycles. The molecule has 2 bridgehead atoms. The van der Waals surface area contributed by atoms with Gasteiger partial charge in [-0.1, -0.05) is 24.3 Å². The molecule has 2 fully saturated rings. The van der Waals surface area contributed by atoms with Gasteiger partial charge in [-0.3, -0.25) is 9.59 Å². The Morgan fingerprint density at radius 3 is 2.20 bits per heavy atom. The molecule has 0 unspecified atom stereocenters. The standard InChI is InChI=1S/C17H17NO2/c1-9-4-3-5-13(10(9)2)18-16(19)14-11-6-7-12(8-11)15(14)17(18)20/h3-7,11-12,14-15H,8H2,1-2H3/t11-,12-,14+,15+/m0/s1. The van der Waals surface area contributed by atoms with Crippen molar-refractivity contribution in [1.82, 2.24) is 0 Å². The SMILES string of the molecule is Cc1cccc(N2C(=O)[C@H]3[C@H](C2=O)[C@H]2C=C[C@H]3C2)c1C. The maximum Gasteiger partial charge on any atom is 0.238 e. The van der Waals surface area contributed by atoms with Gasteiger partial charge in [0, 0.05) is 0 Å². The highest BCUT2D eigenvalue weighted by Crippen LogP contribution is 2.53. The molecule has 0 spiro atoms. The van der Waals surface area contributed by atoms with Crippen LogP contribution in [0.25, 0.3) is 0 Å². The lowest BCUT2D eigenvalue weighted by molar-refractivity contribution is -0.123. The molecule has 4 rings (SSSR count). The zero-order valence-corrected chi connectivity index (χ0v) is 11.7. The topological polar surface area (TPSA) is 37.4 Å². The van der Waals surface area contributed by atoms with E-state index in [1.54, 1.807) is 0 Å². The van der Waals surface area contributed by atoms with Crippen molar-refractivity contribution < 1.29 is 9.59 Å². The third-order valence-electron chi connectivity index (χ3n) is 5.29. The molecule has 1 aliphatic heterocycles. The second-order valence-electron chi connectivity index (χ2n) is 6.23. The summed E-state index contributed by atoms with van der Waals surface area (Å²) in [6.07, 6.45) is 5.24. The second-order valence-corrected chi connectivity index (χ2v) is 6.23. The Morgan fingerprint density at radius 2 is 1.60 bits per heavy atom. The number of nitrogens with zero attached hydrogens (tertiary/aromatic N) is 1. The molecule has 2 amide bonds. The van der Waals surface area contributed by atoms with Gasteiger partial charge >= 0.3 is 0 Å². The number of amides is 2. The molecule has 0 aromatic heterocycles. The van der Waals surface area contributed by atoms with Gasteiger partial charge < -0.3 is 0 Å². The predicted molar refractivity (Wildman–Crippen MR) is 76.1 cm³/mol. The van der Waals surface area contributed by atoms with Crippen LogP contribution >= 0.6 is 0 Å². The first-order valence-electron chi connectivity index (χ1n) is 7.22. The average molecular weight is 267 g/mol. The van der Waals surface area contributed by atoms with E-state index >= 15 is 0 Å². The van der Waals surface area contributed by atoms with Crippen molar-refractivity contribution in [2.24, 2.45) is 23.7 Å². The predicted octanol–water partition coefficient (Wildman–Crippen LogP) is 2.61. The number of hydrogen-bond donors (Lipinski definition) is 0. The van der Waals surface area contributed by atoms with E-state index in [9.17, 15) is 9.59 Å². The summed E-state index contributed by atoms with van der Waals surface area (Å²) in [6, 6.07) is 5.81. The Labute approximate surface area is 118 Å². The van der Waals surface area contributed by atoms with Crippen molar-refractivity contribution in [2.75, 3.05) is 4.90 Å². The molecule has 1 saturated heterocycles. The Hall–Kier alpha value is -1.90. The minimum Gasteiger partial charge on any atom is -0.274 e. The summed E-state index contributed by atoms with van der Waals surface area (Å²) in [5, 5.41) is 0. The van der Waals surface area contributed by atoms with E-state index in [4.69, 9.17) is 0 Å². The van der Waals surface area contributed by atoms with Crippen molar-refractivity contribution in [3.05, 3.63) is 41.5 Å².